The molecular weight excluding hydrogens is 324 g/mol. The van der Waals surface area contributed by atoms with Gasteiger partial charge in [-0.1, -0.05) is 28.1 Å². The third-order valence-electron chi connectivity index (χ3n) is 1.98. The summed E-state index contributed by atoms with van der Waals surface area (Å²) in [5.74, 6) is 0.901. The second-order valence-electron chi connectivity index (χ2n) is 3.62. The highest BCUT2D eigenvalue weighted by Gasteiger charge is 2.07. The van der Waals surface area contributed by atoms with Gasteiger partial charge in [-0.05, 0) is 12.1 Å². The van der Waals surface area contributed by atoms with Crippen LogP contribution in [-0.2, 0) is 9.84 Å². The Bertz CT molecular complexity index is 497. The van der Waals surface area contributed by atoms with Crippen molar-refractivity contribution in [2.24, 2.45) is 0 Å². The monoisotopic (exact) mass is 336 g/mol. The average molecular weight is 337 g/mol. The molecule has 0 unspecified atom stereocenters. The van der Waals surface area contributed by atoms with Crippen LogP contribution in [0.1, 0.15) is 10.4 Å². The lowest BCUT2D eigenvalue weighted by Crippen LogP contribution is -2.08. The van der Waals surface area contributed by atoms with Crippen molar-refractivity contribution in [3.63, 3.8) is 0 Å². The molecule has 0 aliphatic carbocycles. The molecule has 6 heteroatoms. The molecule has 0 N–H and O–H groups in total. The van der Waals surface area contributed by atoms with Gasteiger partial charge in [0.05, 0.1) is 11.5 Å². The number of Topliss-reactive ketones (excluding diaryl/α,β-unsaturated/α-hetero) is 1. The highest BCUT2D eigenvalue weighted by Crippen LogP contribution is 2.14. The molecule has 0 amide bonds. The number of sulfone groups is 1. The summed E-state index contributed by atoms with van der Waals surface area (Å²) in [5.41, 5.74) is 0.645. The average Bonchev–Trinajstić information content (AvgIpc) is 2.23. The predicted octanol–water partition coefficient (Wildman–Crippen LogP) is 2.41. The summed E-state index contributed by atoms with van der Waals surface area (Å²) in [5, 5.41) is 0. The number of hydrogen-bond donors (Lipinski definition) is 0. The van der Waals surface area contributed by atoms with E-state index in [0.29, 0.717) is 17.1 Å². The summed E-state index contributed by atoms with van der Waals surface area (Å²) in [7, 11) is -2.93. The predicted molar refractivity (Wildman–Crippen MR) is 75.5 cm³/mol. The van der Waals surface area contributed by atoms with Crippen LogP contribution in [0.4, 0.5) is 0 Å². The fraction of sp³-hybridized carbons (Fsp3) is 0.364. The summed E-state index contributed by atoms with van der Waals surface area (Å²) in [4.78, 5) is 11.7. The molecule has 0 spiro atoms. The molecule has 0 bridgehead atoms. The summed E-state index contributed by atoms with van der Waals surface area (Å²) in [6.45, 7) is 0. The smallest absolute Gasteiger partial charge is 0.172 e. The van der Waals surface area contributed by atoms with Gasteiger partial charge < -0.3 is 0 Å². The van der Waals surface area contributed by atoms with Crippen molar-refractivity contribution in [3.05, 3.63) is 34.3 Å². The first-order chi connectivity index (χ1) is 7.88. The van der Waals surface area contributed by atoms with Crippen molar-refractivity contribution in [1.29, 1.82) is 0 Å². The Labute approximate surface area is 114 Å². The molecule has 3 nitrogen and oxygen atoms in total. The zero-order valence-corrected chi connectivity index (χ0v) is 12.6. The lowest BCUT2D eigenvalue weighted by atomic mass is 10.2. The van der Waals surface area contributed by atoms with Crippen LogP contribution in [0.2, 0.25) is 0 Å². The van der Waals surface area contributed by atoms with Crippen LogP contribution in [-0.4, -0.2) is 37.7 Å². The molecule has 1 aromatic carbocycles. The molecule has 0 radical (unpaired) electrons. The molecule has 17 heavy (non-hydrogen) atoms. The highest BCUT2D eigenvalue weighted by molar-refractivity contribution is 9.10. The minimum atomic E-state index is -2.93. The first-order valence-corrected chi connectivity index (χ1v) is 8.93. The number of carbonyl (C=O) groups excluding carboxylic acids is 1. The molecule has 1 aromatic rings. The van der Waals surface area contributed by atoms with E-state index >= 15 is 0 Å². The van der Waals surface area contributed by atoms with Crippen LogP contribution >= 0.6 is 27.7 Å². The number of halogens is 1. The quantitative estimate of drug-likeness (QED) is 0.591. The van der Waals surface area contributed by atoms with E-state index in [1.54, 1.807) is 18.2 Å². The zero-order valence-electron chi connectivity index (χ0n) is 9.35. The van der Waals surface area contributed by atoms with Crippen molar-refractivity contribution in [1.82, 2.24) is 0 Å². The van der Waals surface area contributed by atoms with Gasteiger partial charge in [0.1, 0.15) is 9.84 Å². The number of benzene rings is 1. The number of carbonyl (C=O) groups is 1. The third kappa shape index (κ3) is 6.24. The van der Waals surface area contributed by atoms with Crippen LogP contribution in [0.15, 0.2) is 28.7 Å². The van der Waals surface area contributed by atoms with E-state index in [1.807, 2.05) is 6.07 Å². The summed E-state index contributed by atoms with van der Waals surface area (Å²) in [6, 6.07) is 7.18. The lowest BCUT2D eigenvalue weighted by Gasteiger charge is -2.01. The maximum atomic E-state index is 11.7. The largest absolute Gasteiger partial charge is 0.293 e. The fourth-order valence-electron chi connectivity index (χ4n) is 1.12. The summed E-state index contributed by atoms with van der Waals surface area (Å²) < 4.78 is 22.6. The van der Waals surface area contributed by atoms with E-state index < -0.39 is 9.84 Å². The Morgan fingerprint density at radius 1 is 1.41 bits per heavy atom. The maximum Gasteiger partial charge on any atom is 0.172 e. The molecule has 1 rings (SSSR count). The van der Waals surface area contributed by atoms with E-state index in [1.165, 1.54) is 18.0 Å². The highest BCUT2D eigenvalue weighted by atomic mass is 79.9. The molecular formula is C11H13BrO3S2. The van der Waals surface area contributed by atoms with Gasteiger partial charge >= 0.3 is 0 Å². The Morgan fingerprint density at radius 2 is 2.12 bits per heavy atom. The van der Waals surface area contributed by atoms with Crippen LogP contribution in [0.25, 0.3) is 0 Å². The van der Waals surface area contributed by atoms with Crippen LogP contribution < -0.4 is 0 Å². The van der Waals surface area contributed by atoms with E-state index in [0.717, 1.165) is 4.47 Å². The van der Waals surface area contributed by atoms with Gasteiger partial charge in [-0.3, -0.25) is 4.79 Å². The maximum absolute atomic E-state index is 11.7. The Kier molecular flexibility index (Phi) is 5.69. The minimum Gasteiger partial charge on any atom is -0.293 e. The number of thioether (sulfide) groups is 1. The molecule has 0 saturated heterocycles. The van der Waals surface area contributed by atoms with Gasteiger partial charge in [0.25, 0.3) is 0 Å². The Balaban J connectivity index is 2.41. The fourth-order valence-corrected chi connectivity index (χ4v) is 3.70. The topological polar surface area (TPSA) is 51.2 Å². The summed E-state index contributed by atoms with van der Waals surface area (Å²) in [6.07, 6.45) is 1.20. The first kappa shape index (κ1) is 14.7. The second-order valence-corrected chi connectivity index (χ2v) is 7.90. The van der Waals surface area contributed by atoms with Gasteiger partial charge in [0.2, 0.25) is 0 Å². The van der Waals surface area contributed by atoms with E-state index in [9.17, 15) is 13.2 Å². The van der Waals surface area contributed by atoms with Gasteiger partial charge in [0.15, 0.2) is 5.78 Å². The molecule has 0 aromatic heterocycles. The Hall–Kier alpha value is -0.330. The number of ketones is 1. The SMILES string of the molecule is CS(=O)(=O)CCSCC(=O)c1cccc(Br)c1. The standard InChI is InChI=1S/C11H13BrO3S2/c1-17(14,15)6-5-16-8-11(13)9-3-2-4-10(12)7-9/h2-4,7H,5-6,8H2,1H3. The molecule has 0 fully saturated rings. The minimum absolute atomic E-state index is 0.0183. The second kappa shape index (κ2) is 6.56. The summed E-state index contributed by atoms with van der Waals surface area (Å²) >= 11 is 4.64. The van der Waals surface area contributed by atoms with Gasteiger partial charge in [-0.25, -0.2) is 8.42 Å². The number of hydrogen-bond acceptors (Lipinski definition) is 4. The Morgan fingerprint density at radius 3 is 2.71 bits per heavy atom. The molecule has 0 atom stereocenters. The van der Waals surface area contributed by atoms with Crippen LogP contribution in [0, 0.1) is 0 Å². The van der Waals surface area contributed by atoms with Gasteiger partial charge in [-0.2, -0.15) is 11.8 Å². The lowest BCUT2D eigenvalue weighted by molar-refractivity contribution is 0.102. The third-order valence-corrected chi connectivity index (χ3v) is 4.63. The molecule has 0 heterocycles. The van der Waals surface area contributed by atoms with E-state index in [2.05, 4.69) is 15.9 Å². The molecule has 0 saturated carbocycles. The zero-order chi connectivity index (χ0) is 12.9. The van der Waals surface area contributed by atoms with E-state index in [4.69, 9.17) is 0 Å². The van der Waals surface area contributed by atoms with Crippen molar-refractivity contribution in [2.75, 3.05) is 23.5 Å². The van der Waals surface area contributed by atoms with Crippen molar-refractivity contribution < 1.29 is 13.2 Å². The molecule has 0 aliphatic heterocycles. The van der Waals surface area contributed by atoms with Crippen molar-refractivity contribution >= 4 is 43.3 Å². The van der Waals surface area contributed by atoms with Crippen molar-refractivity contribution in [2.45, 2.75) is 0 Å². The molecule has 0 aliphatic rings. The van der Waals surface area contributed by atoms with Crippen molar-refractivity contribution in [3.8, 4) is 0 Å². The normalized spacial score (nSPS) is 11.4. The van der Waals surface area contributed by atoms with Gasteiger partial charge in [0, 0.05) is 22.0 Å². The van der Waals surface area contributed by atoms with Gasteiger partial charge in [-0.15, -0.1) is 0 Å². The number of rotatable bonds is 6. The molecule has 94 valence electrons. The van der Waals surface area contributed by atoms with Crippen LogP contribution in [0.5, 0.6) is 0 Å². The van der Waals surface area contributed by atoms with Crippen LogP contribution in [0.3, 0.4) is 0 Å². The van der Waals surface area contributed by atoms with E-state index in [-0.39, 0.29) is 11.5 Å². The first-order valence-electron chi connectivity index (χ1n) is 4.93.